The molecule has 8 heteroatoms. The van der Waals surface area contributed by atoms with Crippen LogP contribution in [0.1, 0.15) is 45.4 Å². The molecule has 0 saturated heterocycles. The first kappa shape index (κ1) is 17.4. The van der Waals surface area contributed by atoms with Crippen molar-refractivity contribution in [2.75, 3.05) is 0 Å². The molecule has 2 heterocycles. The summed E-state index contributed by atoms with van der Waals surface area (Å²) in [4.78, 5) is 45.2. The molecule has 0 aromatic carbocycles. The summed E-state index contributed by atoms with van der Waals surface area (Å²) >= 11 is 0. The Labute approximate surface area is 145 Å². The lowest BCUT2D eigenvalue weighted by Gasteiger charge is -2.35. The fraction of sp³-hybridized carbons (Fsp3) is 0.647. The molecule has 2 atom stereocenters. The third-order valence-corrected chi connectivity index (χ3v) is 5.27. The molecule has 1 saturated carbocycles. The van der Waals surface area contributed by atoms with E-state index in [-0.39, 0.29) is 17.5 Å². The third-order valence-electron chi connectivity index (χ3n) is 5.27. The van der Waals surface area contributed by atoms with Crippen LogP contribution in [0.15, 0.2) is 9.59 Å². The second-order valence-electron chi connectivity index (χ2n) is 7.18. The lowest BCUT2D eigenvalue weighted by atomic mass is 9.78. The minimum atomic E-state index is -0.506. The molecule has 0 bridgehead atoms. The number of hydrogen-bond donors (Lipinski definition) is 3. The van der Waals surface area contributed by atoms with Crippen molar-refractivity contribution >= 4 is 17.1 Å². The van der Waals surface area contributed by atoms with E-state index >= 15 is 0 Å². The fourth-order valence-corrected chi connectivity index (χ4v) is 3.73. The van der Waals surface area contributed by atoms with Crippen molar-refractivity contribution in [3.8, 4) is 0 Å². The van der Waals surface area contributed by atoms with E-state index in [9.17, 15) is 14.4 Å². The van der Waals surface area contributed by atoms with Crippen LogP contribution in [0.5, 0.6) is 0 Å². The normalized spacial score (nSPS) is 23.7. The number of nitrogens with zero attached hydrogens (tertiary/aromatic N) is 2. The Hall–Kier alpha value is -2.38. The zero-order valence-corrected chi connectivity index (χ0v) is 14.9. The van der Waals surface area contributed by atoms with Crippen LogP contribution >= 0.6 is 0 Å². The molecule has 0 spiro atoms. The second-order valence-corrected chi connectivity index (χ2v) is 7.18. The summed E-state index contributed by atoms with van der Waals surface area (Å²) in [5.74, 6) is 1.51. The van der Waals surface area contributed by atoms with Crippen molar-refractivity contribution in [3.05, 3.63) is 26.7 Å². The predicted octanol–water partition coefficient (Wildman–Crippen LogP) is 0.823. The number of carbonyl (C=O) groups excluding carboxylic acids is 1. The largest absolute Gasteiger partial charge is 0.353 e. The molecule has 3 rings (SSSR count). The number of aryl methyl sites for hydroxylation is 2. The lowest BCUT2D eigenvalue weighted by molar-refractivity contribution is -0.122. The van der Waals surface area contributed by atoms with Crippen LogP contribution in [0, 0.1) is 11.8 Å². The number of imidazole rings is 1. The highest BCUT2D eigenvalue weighted by Gasteiger charge is 2.28. The number of amides is 1. The number of carbonyl (C=O) groups is 1. The molecule has 0 aliphatic heterocycles. The number of aromatic nitrogens is 4. The van der Waals surface area contributed by atoms with Gasteiger partial charge in [0.1, 0.15) is 11.3 Å². The van der Waals surface area contributed by atoms with Crippen molar-refractivity contribution in [1.29, 1.82) is 0 Å². The van der Waals surface area contributed by atoms with Crippen LogP contribution in [0.2, 0.25) is 0 Å². The minimum Gasteiger partial charge on any atom is -0.353 e. The first-order valence-electron chi connectivity index (χ1n) is 8.84. The monoisotopic (exact) mass is 347 g/mol. The Kier molecular flexibility index (Phi) is 4.78. The predicted molar refractivity (Wildman–Crippen MR) is 94.4 cm³/mol. The Balaban J connectivity index is 1.67. The number of rotatable bonds is 4. The van der Waals surface area contributed by atoms with Gasteiger partial charge < -0.3 is 10.3 Å². The average Bonchev–Trinajstić information content (AvgIpc) is 2.99. The van der Waals surface area contributed by atoms with E-state index in [1.807, 2.05) is 0 Å². The van der Waals surface area contributed by atoms with Crippen molar-refractivity contribution in [2.24, 2.45) is 18.9 Å². The van der Waals surface area contributed by atoms with E-state index in [1.54, 1.807) is 7.05 Å². The molecule has 2 unspecified atom stereocenters. The average molecular weight is 347 g/mol. The summed E-state index contributed by atoms with van der Waals surface area (Å²) in [5.41, 5.74) is -0.439. The second kappa shape index (κ2) is 6.85. The number of H-pyrrole nitrogens is 2. The molecule has 1 aliphatic rings. The molecule has 2 aromatic rings. The van der Waals surface area contributed by atoms with Crippen molar-refractivity contribution in [2.45, 2.75) is 52.0 Å². The van der Waals surface area contributed by atoms with Crippen LogP contribution in [-0.2, 0) is 18.3 Å². The molecule has 136 valence electrons. The number of nitrogens with one attached hydrogen (secondary N) is 3. The van der Waals surface area contributed by atoms with Gasteiger partial charge in [0.15, 0.2) is 5.65 Å². The lowest BCUT2D eigenvalue weighted by Crippen LogP contribution is -2.45. The molecule has 2 aromatic heterocycles. The summed E-state index contributed by atoms with van der Waals surface area (Å²) < 4.78 is 1.28. The van der Waals surface area contributed by atoms with E-state index < -0.39 is 11.2 Å². The number of aromatic amines is 2. The summed E-state index contributed by atoms with van der Waals surface area (Å²) in [6.07, 6.45) is 4.21. The molecular weight excluding hydrogens is 322 g/mol. The zero-order chi connectivity index (χ0) is 18.1. The van der Waals surface area contributed by atoms with Gasteiger partial charge >= 0.3 is 5.69 Å². The van der Waals surface area contributed by atoms with Gasteiger partial charge in [-0.15, -0.1) is 0 Å². The standard InChI is InChI=1S/C17H25N5O3/c1-9-5-4-6-10(2)13(9)20-12(23)8-7-11-18-14-15(19-11)22(3)17(25)21-16(14)24/h9-10,13H,4-8H2,1-3H3,(H,18,19)(H,20,23)(H,21,24,25). The third kappa shape index (κ3) is 3.52. The first-order chi connectivity index (χ1) is 11.9. The molecular formula is C17H25N5O3. The highest BCUT2D eigenvalue weighted by molar-refractivity contribution is 5.76. The summed E-state index contributed by atoms with van der Waals surface area (Å²) in [6, 6.07) is 0.223. The quantitative estimate of drug-likeness (QED) is 0.760. The van der Waals surface area contributed by atoms with Gasteiger partial charge in [-0.2, -0.15) is 0 Å². The Bertz CT molecular complexity index is 884. The van der Waals surface area contributed by atoms with Crippen LogP contribution in [0.25, 0.3) is 11.2 Å². The van der Waals surface area contributed by atoms with Gasteiger partial charge in [0.05, 0.1) is 0 Å². The highest BCUT2D eigenvalue weighted by Crippen LogP contribution is 2.28. The molecule has 8 nitrogen and oxygen atoms in total. The fourth-order valence-electron chi connectivity index (χ4n) is 3.73. The van der Waals surface area contributed by atoms with E-state index in [4.69, 9.17) is 0 Å². The van der Waals surface area contributed by atoms with E-state index in [2.05, 4.69) is 34.1 Å². The van der Waals surface area contributed by atoms with Crippen LogP contribution in [0.3, 0.4) is 0 Å². The van der Waals surface area contributed by atoms with Gasteiger partial charge in [-0.05, 0) is 24.7 Å². The van der Waals surface area contributed by atoms with E-state index in [0.717, 1.165) is 12.8 Å². The topological polar surface area (TPSA) is 113 Å². The maximum absolute atomic E-state index is 12.3. The molecule has 1 fully saturated rings. The van der Waals surface area contributed by atoms with Crippen molar-refractivity contribution < 1.29 is 4.79 Å². The van der Waals surface area contributed by atoms with Gasteiger partial charge in [-0.3, -0.25) is 19.1 Å². The summed E-state index contributed by atoms with van der Waals surface area (Å²) in [6.45, 7) is 4.37. The summed E-state index contributed by atoms with van der Waals surface area (Å²) in [7, 11) is 1.55. The smallest absolute Gasteiger partial charge is 0.329 e. The number of fused-ring (bicyclic) bond motifs is 1. The minimum absolute atomic E-state index is 0.00569. The number of hydrogen-bond acceptors (Lipinski definition) is 4. The van der Waals surface area contributed by atoms with Gasteiger partial charge in [0.2, 0.25) is 5.91 Å². The Morgan fingerprint density at radius 3 is 2.60 bits per heavy atom. The van der Waals surface area contributed by atoms with Crippen molar-refractivity contribution in [1.82, 2.24) is 24.8 Å². The molecule has 25 heavy (non-hydrogen) atoms. The van der Waals surface area contributed by atoms with Crippen LogP contribution < -0.4 is 16.6 Å². The Morgan fingerprint density at radius 2 is 1.92 bits per heavy atom. The molecule has 3 N–H and O–H groups in total. The van der Waals surface area contributed by atoms with Crippen LogP contribution in [-0.4, -0.2) is 31.5 Å². The van der Waals surface area contributed by atoms with Crippen LogP contribution in [0.4, 0.5) is 0 Å². The Morgan fingerprint density at radius 1 is 1.24 bits per heavy atom. The summed E-state index contributed by atoms with van der Waals surface area (Å²) in [5, 5.41) is 3.15. The zero-order valence-electron chi connectivity index (χ0n) is 14.9. The van der Waals surface area contributed by atoms with E-state index in [1.165, 1.54) is 11.0 Å². The van der Waals surface area contributed by atoms with E-state index in [0.29, 0.717) is 36.1 Å². The molecule has 1 amide bonds. The van der Waals surface area contributed by atoms with Gasteiger partial charge in [0, 0.05) is 25.9 Å². The van der Waals surface area contributed by atoms with Gasteiger partial charge in [-0.25, -0.2) is 9.78 Å². The van der Waals surface area contributed by atoms with Crippen molar-refractivity contribution in [3.63, 3.8) is 0 Å². The molecule has 1 aliphatic carbocycles. The maximum atomic E-state index is 12.3. The highest BCUT2D eigenvalue weighted by atomic mass is 16.2. The first-order valence-corrected chi connectivity index (χ1v) is 8.84. The van der Waals surface area contributed by atoms with Gasteiger partial charge in [-0.1, -0.05) is 20.3 Å². The maximum Gasteiger partial charge on any atom is 0.329 e. The van der Waals surface area contributed by atoms with Gasteiger partial charge in [0.25, 0.3) is 5.56 Å². The SMILES string of the molecule is CC1CCCC(C)C1NC(=O)CCc1nc2c([nH]1)c(=O)[nH]c(=O)n2C. The molecule has 0 radical (unpaired) electrons.